The Labute approximate surface area is 185 Å². The molecule has 0 bridgehead atoms. The number of amidine groups is 1. The van der Waals surface area contributed by atoms with Gasteiger partial charge in [0, 0.05) is 22.3 Å². The second kappa shape index (κ2) is 9.61. The summed E-state index contributed by atoms with van der Waals surface area (Å²) in [6, 6.07) is 14.9. The monoisotopic (exact) mass is 430 g/mol. The molecule has 1 heterocycles. The van der Waals surface area contributed by atoms with Crippen molar-refractivity contribution in [2.24, 2.45) is 21.6 Å². The molecule has 0 saturated heterocycles. The zero-order valence-corrected chi connectivity index (χ0v) is 18.0. The van der Waals surface area contributed by atoms with Gasteiger partial charge in [-0.1, -0.05) is 24.8 Å². The van der Waals surface area contributed by atoms with Crippen molar-refractivity contribution in [3.05, 3.63) is 77.8 Å². The molecule has 1 aromatic heterocycles. The summed E-state index contributed by atoms with van der Waals surface area (Å²) in [5, 5.41) is 15.2. The van der Waals surface area contributed by atoms with E-state index < -0.39 is 0 Å². The predicted octanol–water partition coefficient (Wildman–Crippen LogP) is 2.91. The molecule has 0 aliphatic rings. The van der Waals surface area contributed by atoms with Crippen LogP contribution in [-0.2, 0) is 0 Å². The maximum absolute atomic E-state index is 12.7. The molecule has 0 saturated carbocycles. The fraction of sp³-hybridized carbons (Fsp3) is 0.130. The van der Waals surface area contributed by atoms with Crippen molar-refractivity contribution in [2.75, 3.05) is 11.9 Å². The topological polar surface area (TPSA) is 158 Å². The first-order chi connectivity index (χ1) is 15.2. The lowest BCUT2D eigenvalue weighted by atomic mass is 10.1. The number of nitrogens with zero attached hydrogens (tertiary/aromatic N) is 2. The lowest BCUT2D eigenvalue weighted by Crippen LogP contribution is -2.15. The van der Waals surface area contributed by atoms with Gasteiger partial charge in [-0.25, -0.2) is 0 Å². The van der Waals surface area contributed by atoms with Crippen molar-refractivity contribution in [3.8, 4) is 0 Å². The number of nitrogens with two attached hydrogens (primary N) is 2. The normalized spacial score (nSPS) is 11.9. The molecular weight excluding hydrogens is 404 g/mol. The Hall–Kier alpha value is -4.40. The van der Waals surface area contributed by atoms with E-state index in [4.69, 9.17) is 16.9 Å². The molecule has 0 radical (unpaired) electrons. The fourth-order valence-electron chi connectivity index (χ4n) is 2.99. The molecular formula is C23H26N8O. The predicted molar refractivity (Wildman–Crippen MR) is 130 cm³/mol. The van der Waals surface area contributed by atoms with Gasteiger partial charge in [-0.05, 0) is 55.3 Å². The summed E-state index contributed by atoms with van der Waals surface area (Å²) in [6.07, 6.45) is 0. The number of aromatic amines is 1. The summed E-state index contributed by atoms with van der Waals surface area (Å²) >= 11 is 0. The average molecular weight is 431 g/mol. The third kappa shape index (κ3) is 5.60. The summed E-state index contributed by atoms with van der Waals surface area (Å²) < 4.78 is 0. The van der Waals surface area contributed by atoms with Crippen molar-refractivity contribution in [2.45, 2.75) is 13.8 Å². The van der Waals surface area contributed by atoms with Gasteiger partial charge >= 0.3 is 0 Å². The number of anilines is 1. The molecule has 3 aromatic rings. The summed E-state index contributed by atoms with van der Waals surface area (Å²) in [5.41, 5.74) is 18.7. The van der Waals surface area contributed by atoms with E-state index in [1.54, 1.807) is 18.2 Å². The number of carbonyl (C=O) groups excluding carboxylic acids is 1. The Bertz CT molecular complexity index is 1230. The summed E-state index contributed by atoms with van der Waals surface area (Å²) in [5.74, 6) is 0.0285. The molecule has 9 nitrogen and oxygen atoms in total. The first-order valence-electron chi connectivity index (χ1n) is 9.86. The molecule has 164 valence electrons. The SMILES string of the molecule is C=C(N)N/N=C(\C)c1ccc(NC(=O)c2cc3cc(C(C)=NCC(=N)N)ccc3[nH]2)cc1. The van der Waals surface area contributed by atoms with E-state index in [0.717, 1.165) is 33.5 Å². The molecule has 0 spiro atoms. The van der Waals surface area contributed by atoms with E-state index >= 15 is 0 Å². The third-order valence-electron chi connectivity index (χ3n) is 4.70. The number of hydrogen-bond donors (Lipinski definition) is 6. The van der Waals surface area contributed by atoms with Gasteiger partial charge in [0.2, 0.25) is 0 Å². The van der Waals surface area contributed by atoms with Crippen molar-refractivity contribution >= 4 is 39.8 Å². The number of carbonyl (C=O) groups is 1. The van der Waals surface area contributed by atoms with Crippen LogP contribution in [0.25, 0.3) is 10.9 Å². The van der Waals surface area contributed by atoms with Crippen LogP contribution in [0.5, 0.6) is 0 Å². The van der Waals surface area contributed by atoms with Crippen LogP contribution < -0.4 is 22.2 Å². The van der Waals surface area contributed by atoms with Crippen LogP contribution in [0.4, 0.5) is 5.69 Å². The Morgan fingerprint density at radius 1 is 1.06 bits per heavy atom. The van der Waals surface area contributed by atoms with E-state index in [0.29, 0.717) is 11.4 Å². The van der Waals surface area contributed by atoms with E-state index in [-0.39, 0.29) is 24.1 Å². The lowest BCUT2D eigenvalue weighted by molar-refractivity contribution is 0.102. The first kappa shape index (κ1) is 22.3. The highest BCUT2D eigenvalue weighted by atomic mass is 16.1. The fourth-order valence-corrected chi connectivity index (χ4v) is 2.99. The number of rotatable bonds is 8. The number of benzene rings is 2. The standard InChI is InChI=1S/C23H26N8O/c1-13(27-12-22(25)26)17-6-9-20-18(10-17)11-21(29-20)23(32)28-19-7-4-16(5-8-19)14(2)30-31-15(3)24/h4-11,29,31H,3,12,24H2,1-2H3,(H3,25,26)(H,28,32)/b27-13?,30-14+. The Morgan fingerprint density at radius 2 is 1.75 bits per heavy atom. The number of fused-ring (bicyclic) bond motifs is 1. The Kier molecular flexibility index (Phi) is 6.69. The molecule has 8 N–H and O–H groups in total. The summed E-state index contributed by atoms with van der Waals surface area (Å²) in [7, 11) is 0. The smallest absolute Gasteiger partial charge is 0.272 e. The quantitative estimate of drug-likeness (QED) is 0.184. The minimum Gasteiger partial charge on any atom is -0.386 e. The maximum Gasteiger partial charge on any atom is 0.272 e. The van der Waals surface area contributed by atoms with E-state index in [2.05, 4.69) is 32.4 Å². The zero-order chi connectivity index (χ0) is 23.3. The number of hydrogen-bond acceptors (Lipinski definition) is 6. The molecule has 0 unspecified atom stereocenters. The number of amides is 1. The van der Waals surface area contributed by atoms with Gasteiger partial charge in [0.25, 0.3) is 5.91 Å². The Balaban J connectivity index is 1.73. The van der Waals surface area contributed by atoms with Gasteiger partial charge in [-0.3, -0.25) is 20.6 Å². The molecule has 1 amide bonds. The maximum atomic E-state index is 12.7. The van der Waals surface area contributed by atoms with Crippen LogP contribution in [-0.4, -0.2) is 34.7 Å². The van der Waals surface area contributed by atoms with Gasteiger partial charge in [0.15, 0.2) is 0 Å². The minimum atomic E-state index is -0.246. The van der Waals surface area contributed by atoms with E-state index in [9.17, 15) is 4.79 Å². The van der Waals surface area contributed by atoms with Gasteiger partial charge in [-0.15, -0.1) is 0 Å². The van der Waals surface area contributed by atoms with Crippen LogP contribution in [0, 0.1) is 5.41 Å². The van der Waals surface area contributed by atoms with Crippen LogP contribution >= 0.6 is 0 Å². The van der Waals surface area contributed by atoms with Crippen molar-refractivity contribution < 1.29 is 4.79 Å². The van der Waals surface area contributed by atoms with Gasteiger partial charge in [-0.2, -0.15) is 5.10 Å². The summed E-state index contributed by atoms with van der Waals surface area (Å²) in [6.45, 7) is 7.40. The molecule has 2 aromatic carbocycles. The van der Waals surface area contributed by atoms with Crippen LogP contribution in [0.15, 0.2) is 71.0 Å². The molecule has 0 aliphatic heterocycles. The van der Waals surface area contributed by atoms with Crippen LogP contribution in [0.2, 0.25) is 0 Å². The summed E-state index contributed by atoms with van der Waals surface area (Å²) in [4.78, 5) is 20.1. The van der Waals surface area contributed by atoms with Crippen molar-refractivity contribution in [1.29, 1.82) is 5.41 Å². The molecule has 0 aliphatic carbocycles. The largest absolute Gasteiger partial charge is 0.386 e. The average Bonchev–Trinajstić information content (AvgIpc) is 3.20. The molecule has 0 atom stereocenters. The number of nitrogens with one attached hydrogen (secondary N) is 4. The van der Waals surface area contributed by atoms with Gasteiger partial charge < -0.3 is 21.8 Å². The van der Waals surface area contributed by atoms with Gasteiger partial charge in [0.05, 0.1) is 12.3 Å². The van der Waals surface area contributed by atoms with Crippen LogP contribution in [0.1, 0.15) is 35.5 Å². The lowest BCUT2D eigenvalue weighted by Gasteiger charge is -2.06. The molecule has 9 heteroatoms. The molecule has 0 fully saturated rings. The second-order valence-corrected chi connectivity index (χ2v) is 7.28. The van der Waals surface area contributed by atoms with E-state index in [1.807, 2.05) is 44.2 Å². The number of H-pyrrole nitrogens is 1. The van der Waals surface area contributed by atoms with Crippen molar-refractivity contribution in [3.63, 3.8) is 0 Å². The number of aliphatic imine (C=N–C) groups is 1. The number of hydrazone groups is 1. The molecule has 32 heavy (non-hydrogen) atoms. The molecule has 3 rings (SSSR count). The van der Waals surface area contributed by atoms with Gasteiger partial charge in [0.1, 0.15) is 17.4 Å². The van der Waals surface area contributed by atoms with Crippen molar-refractivity contribution in [1.82, 2.24) is 10.4 Å². The third-order valence-corrected chi connectivity index (χ3v) is 4.70. The number of aromatic nitrogens is 1. The first-order valence-corrected chi connectivity index (χ1v) is 9.86. The highest BCUT2D eigenvalue weighted by molar-refractivity contribution is 6.08. The highest BCUT2D eigenvalue weighted by Gasteiger charge is 2.11. The zero-order valence-electron chi connectivity index (χ0n) is 18.0. The second-order valence-electron chi connectivity index (χ2n) is 7.28. The minimum absolute atomic E-state index is 0.0136. The highest BCUT2D eigenvalue weighted by Crippen LogP contribution is 2.19. The Morgan fingerprint density at radius 3 is 2.41 bits per heavy atom. The van der Waals surface area contributed by atoms with Crippen LogP contribution in [0.3, 0.4) is 0 Å². The van der Waals surface area contributed by atoms with E-state index in [1.165, 1.54) is 0 Å².